The van der Waals surface area contributed by atoms with Crippen molar-refractivity contribution in [2.75, 3.05) is 46.4 Å². The average Bonchev–Trinajstić information content (AvgIpc) is 0.792. The predicted octanol–water partition coefficient (Wildman–Crippen LogP) is 17.2. The van der Waals surface area contributed by atoms with E-state index < -0.39 is 0 Å². The van der Waals surface area contributed by atoms with Crippen LogP contribution in [0.3, 0.4) is 0 Å². The van der Waals surface area contributed by atoms with Crippen molar-refractivity contribution in [1.29, 1.82) is 0 Å². The number of ether oxygens (including phenoxy) is 4. The molecule has 28 nitrogen and oxygen atoms in total. The molecule has 0 aliphatic carbocycles. The first-order chi connectivity index (χ1) is 70.2. The minimum Gasteiger partial charge on any atom is -0.503 e. The second kappa shape index (κ2) is 49.1. The van der Waals surface area contributed by atoms with Crippen LogP contribution in [0.25, 0.3) is 0 Å². The van der Waals surface area contributed by atoms with Gasteiger partial charge in [0.05, 0.1) is 44.3 Å². The fourth-order valence-electron chi connectivity index (χ4n) is 18.4. The van der Waals surface area contributed by atoms with E-state index in [0.29, 0.717) is 75.7 Å². The van der Waals surface area contributed by atoms with Gasteiger partial charge in [0.1, 0.15) is 42.8 Å². The third-order valence-corrected chi connectivity index (χ3v) is 27.3. The zero-order valence-electron chi connectivity index (χ0n) is 81.0. The van der Waals surface area contributed by atoms with Gasteiger partial charge in [-0.2, -0.15) is 0 Å². The van der Waals surface area contributed by atoms with E-state index in [1.165, 1.54) is 90.3 Å². The lowest BCUT2D eigenvalue weighted by Gasteiger charge is -2.35. The number of rotatable bonds is 22. The Bertz CT molecular complexity index is 7360. The maximum atomic E-state index is 11.7. The van der Waals surface area contributed by atoms with Crippen LogP contribution < -0.4 is 51.5 Å². The van der Waals surface area contributed by atoms with Crippen molar-refractivity contribution >= 4 is 34.8 Å². The Morgan fingerprint density at radius 3 is 1.03 bits per heavy atom. The molecular weight excluding hydrogens is 1900 g/mol. The van der Waals surface area contributed by atoms with Crippen molar-refractivity contribution in [2.45, 2.75) is 150 Å². The SMILES string of the molecule is CC(c1cc(Cl)ccc1Cl)N1CCn2cc(O)c(=O)cc2C1.CC(c1ccc(Cl)cc1)N1CCn2cc(O)c(=O)cc2C1.COc1ccccc1CN1CCn2cc(O)c(=O)cc2C1.O=c1cc2n(cc1O)CCN(Cc1ccc(OCc3ccccc3)cc1)C2.O=c1cc2n(cc1O)CCN(Cc1cccc(OCc3ccccc3)c1)C2.O=c1cc2n(cc1O)CCN(Cc1ccccc1OCc1ccccc1)C2. The van der Waals surface area contributed by atoms with Gasteiger partial charge in [0, 0.05) is 253 Å². The van der Waals surface area contributed by atoms with E-state index in [-0.39, 0.29) is 79.2 Å². The summed E-state index contributed by atoms with van der Waals surface area (Å²) in [6.07, 6.45) is 9.17. The summed E-state index contributed by atoms with van der Waals surface area (Å²) in [7, 11) is 1.67. The van der Waals surface area contributed by atoms with Crippen LogP contribution in [0.1, 0.15) is 110 Å². The highest BCUT2D eigenvalue weighted by atomic mass is 35.5. The molecule has 0 saturated carbocycles. The normalized spacial score (nSPS) is 14.8. The quantitative estimate of drug-likeness (QED) is 0.0367. The molecule has 2 unspecified atom stereocenters. The number of benzene rings is 9. The lowest BCUT2D eigenvalue weighted by atomic mass is 10.1. The number of aromatic hydroxyl groups is 6. The lowest BCUT2D eigenvalue weighted by Crippen LogP contribution is -2.36. The second-order valence-corrected chi connectivity index (χ2v) is 37.9. The van der Waals surface area contributed by atoms with Gasteiger partial charge in [0.25, 0.3) is 0 Å². The molecular formula is C114H117Cl3N12O16. The van der Waals surface area contributed by atoms with Gasteiger partial charge in [-0.15, -0.1) is 0 Å². The maximum absolute atomic E-state index is 11.7. The molecule has 145 heavy (non-hydrogen) atoms. The molecule has 0 radical (unpaired) electrons. The van der Waals surface area contributed by atoms with Crippen molar-refractivity contribution in [3.05, 3.63) is 465 Å². The number of para-hydroxylation sites is 2. The van der Waals surface area contributed by atoms with E-state index >= 15 is 0 Å². The van der Waals surface area contributed by atoms with E-state index in [2.05, 4.69) is 104 Å². The van der Waals surface area contributed by atoms with Crippen LogP contribution in [0.15, 0.2) is 333 Å². The molecule has 2 atom stereocenters. The molecule has 0 saturated heterocycles. The van der Waals surface area contributed by atoms with E-state index in [1.807, 2.05) is 185 Å². The summed E-state index contributed by atoms with van der Waals surface area (Å²) in [5.74, 6) is 2.35. The summed E-state index contributed by atoms with van der Waals surface area (Å²) < 4.78 is 34.8. The highest BCUT2D eigenvalue weighted by Crippen LogP contribution is 2.35. The van der Waals surface area contributed by atoms with Gasteiger partial charge >= 0.3 is 0 Å². The van der Waals surface area contributed by atoms with Gasteiger partial charge in [0.15, 0.2) is 34.5 Å². The van der Waals surface area contributed by atoms with Crippen LogP contribution in [-0.4, -0.2) is 134 Å². The van der Waals surface area contributed by atoms with Crippen LogP contribution in [0.4, 0.5) is 0 Å². The Labute approximate surface area is 854 Å². The molecule has 12 heterocycles. The van der Waals surface area contributed by atoms with Crippen LogP contribution >= 0.6 is 34.8 Å². The van der Waals surface area contributed by atoms with E-state index in [4.69, 9.17) is 53.8 Å². The van der Waals surface area contributed by atoms with Gasteiger partial charge < -0.3 is 77.0 Å². The highest BCUT2D eigenvalue weighted by Gasteiger charge is 2.28. The number of methoxy groups -OCH3 is 1. The number of hydrogen-bond acceptors (Lipinski definition) is 22. The van der Waals surface area contributed by atoms with Crippen molar-refractivity contribution in [1.82, 2.24) is 56.8 Å². The minimum absolute atomic E-state index is 0.0869. The first-order valence-corrected chi connectivity index (χ1v) is 49.3. The van der Waals surface area contributed by atoms with Gasteiger partial charge in [-0.1, -0.05) is 199 Å². The molecule has 0 amide bonds. The number of pyridine rings is 6. The third-order valence-electron chi connectivity index (χ3n) is 26.5. The number of halogens is 3. The molecule has 31 heteroatoms. The van der Waals surface area contributed by atoms with Crippen molar-refractivity contribution in [2.24, 2.45) is 0 Å². The largest absolute Gasteiger partial charge is 0.503 e. The molecule has 15 aromatic rings. The minimum atomic E-state index is -0.346. The second-order valence-electron chi connectivity index (χ2n) is 36.6. The number of nitrogens with zero attached hydrogens (tertiary/aromatic N) is 12. The molecule has 6 N–H and O–H groups in total. The molecule has 0 spiro atoms. The van der Waals surface area contributed by atoms with Crippen LogP contribution in [0.5, 0.6) is 57.5 Å². The summed E-state index contributed by atoms with van der Waals surface area (Å²) in [4.78, 5) is 83.5. The van der Waals surface area contributed by atoms with Crippen molar-refractivity contribution in [3.63, 3.8) is 0 Å². The Hall–Kier alpha value is -14.7. The van der Waals surface area contributed by atoms with Crippen LogP contribution in [0.2, 0.25) is 15.1 Å². The Balaban J connectivity index is 0.000000125. The maximum Gasteiger partial charge on any atom is 0.223 e. The van der Waals surface area contributed by atoms with Crippen LogP contribution in [0, 0.1) is 0 Å². The van der Waals surface area contributed by atoms with Gasteiger partial charge in [-0.25, -0.2) is 0 Å². The van der Waals surface area contributed by atoms with Gasteiger partial charge in [0.2, 0.25) is 32.6 Å². The summed E-state index contributed by atoms with van der Waals surface area (Å²) >= 11 is 18.3. The predicted molar refractivity (Wildman–Crippen MR) is 561 cm³/mol. The zero-order chi connectivity index (χ0) is 102. The van der Waals surface area contributed by atoms with Crippen molar-refractivity contribution in [3.8, 4) is 57.5 Å². The average molecular weight is 2020 g/mol. The fourth-order valence-corrected chi connectivity index (χ4v) is 19.0. The number of hydrogen-bond donors (Lipinski definition) is 6. The molecule has 6 aromatic heterocycles. The van der Waals surface area contributed by atoms with E-state index in [1.54, 1.807) is 19.2 Å². The highest BCUT2D eigenvalue weighted by molar-refractivity contribution is 6.33. The smallest absolute Gasteiger partial charge is 0.223 e. The van der Waals surface area contributed by atoms with Crippen LogP contribution in [-0.2, 0) is 125 Å². The van der Waals surface area contributed by atoms with Gasteiger partial charge in [-0.05, 0) is 120 Å². The molecule has 0 fully saturated rings. The summed E-state index contributed by atoms with van der Waals surface area (Å²) in [5, 5.41) is 59.3. The fraction of sp³-hybridized carbons (Fsp3) is 0.263. The standard InChI is InChI=1S/3C22H22N2O3.C16H16Cl2N2O2.C16H17ClN2O2.C16H18N2O3/c25-20-12-19-14-23(10-11-24(19)15-21(20)26)13-18-8-4-5-9-22(18)27-16-17-6-2-1-3-7-17;25-21-12-19-14-23(9-10-24(19)15-22(21)26)13-18-7-4-8-20(11-18)27-16-17-5-2-1-3-6-17;25-21-12-19-14-23(10-11-24(19)15-22(21)26)13-17-6-8-20(9-7-17)27-16-18-4-2-1-3-5-18;1-10(13-6-11(17)2-3-14(13)18)19-4-5-20-9-16(22)15(21)7-12(20)8-19;1-11(12-2-4-13(17)5-3-12)18-6-7-19-10-16(21)15(20)8-14(19)9-18;1-21-16-5-3-2-4-12(16)9-17-6-7-18-11-15(20)14(19)8-13(18)10-17/h1-9,12,15,26H,10-11,13-14,16H2;1-8,11-12,15,26H,9-10,13-14,16H2;1-9,12,15,26H,10-11,13-14,16H2;2-3,6-7,9-10,22H,4-5,8H2,1H3;2-5,8,10-11,21H,6-7,9H2,1H3;2-5,8,11,20H,6-7,9-10H2,1H3. The Morgan fingerprint density at radius 2 is 0.614 bits per heavy atom. The molecule has 750 valence electrons. The number of fused-ring (bicyclic) bond motifs is 6. The monoisotopic (exact) mass is 2010 g/mol. The molecule has 6 aliphatic heterocycles. The molecule has 9 aromatic carbocycles. The lowest BCUT2D eigenvalue weighted by molar-refractivity contribution is 0.164. The summed E-state index contributed by atoms with van der Waals surface area (Å²) in [6.45, 7) is 22.7. The first kappa shape index (κ1) is 103. The zero-order valence-corrected chi connectivity index (χ0v) is 83.2. The van der Waals surface area contributed by atoms with E-state index in [0.717, 1.165) is 194 Å². The topological polar surface area (TPSA) is 310 Å². The van der Waals surface area contributed by atoms with E-state index in [9.17, 15) is 59.4 Å². The third kappa shape index (κ3) is 28.1. The Kier molecular flexibility index (Phi) is 34.9. The van der Waals surface area contributed by atoms with Gasteiger partial charge in [-0.3, -0.25) is 58.2 Å². The Morgan fingerprint density at radius 1 is 0.283 bits per heavy atom. The molecule has 6 aliphatic rings. The molecule has 0 bridgehead atoms. The molecule has 21 rings (SSSR count). The summed E-state index contributed by atoms with van der Waals surface area (Å²) in [6, 6.07) is 85.5. The summed E-state index contributed by atoms with van der Waals surface area (Å²) in [5.41, 5.74) is 13.8. The van der Waals surface area contributed by atoms with Crippen molar-refractivity contribution < 1.29 is 49.6 Å². The number of aromatic nitrogens is 6. The first-order valence-electron chi connectivity index (χ1n) is 48.2.